The lowest BCUT2D eigenvalue weighted by atomic mass is 9.86. The molecular weight excluding hydrogens is 649 g/mol. The lowest BCUT2D eigenvalue weighted by molar-refractivity contribution is -0.142. The molecule has 6 rings (SSSR count). The van der Waals surface area contributed by atoms with Crippen LogP contribution in [-0.2, 0) is 20.5 Å². The van der Waals surface area contributed by atoms with Crippen LogP contribution in [0.15, 0.2) is 42.5 Å². The Morgan fingerprint density at radius 3 is 2.26 bits per heavy atom. The number of carboxylic acids is 1. The van der Waals surface area contributed by atoms with Gasteiger partial charge in [-0.25, -0.2) is 0 Å². The van der Waals surface area contributed by atoms with Gasteiger partial charge in [0, 0.05) is 69.3 Å². The number of alkyl halides is 3. The summed E-state index contributed by atoms with van der Waals surface area (Å²) in [5, 5.41) is 19.0. The Balaban J connectivity index is 1.28. The minimum absolute atomic E-state index is 0.0271. The smallest absolute Gasteiger partial charge is 0.416 e. The van der Waals surface area contributed by atoms with Gasteiger partial charge in [0.2, 0.25) is 5.91 Å². The van der Waals surface area contributed by atoms with Gasteiger partial charge in [-0.2, -0.15) is 18.4 Å². The van der Waals surface area contributed by atoms with E-state index in [2.05, 4.69) is 11.0 Å². The fourth-order valence-electron chi connectivity index (χ4n) is 8.82. The number of likely N-dealkylation sites (tertiary alicyclic amines) is 2. The van der Waals surface area contributed by atoms with Gasteiger partial charge >= 0.3 is 12.1 Å². The summed E-state index contributed by atoms with van der Waals surface area (Å²) in [5.41, 5.74) is 1.53. The van der Waals surface area contributed by atoms with Gasteiger partial charge in [0.25, 0.3) is 0 Å². The first-order chi connectivity index (χ1) is 24.0. The number of methoxy groups -OCH3 is 2. The van der Waals surface area contributed by atoms with Crippen molar-refractivity contribution in [2.24, 2.45) is 17.8 Å². The summed E-state index contributed by atoms with van der Waals surface area (Å²) in [6, 6.07) is 14.2. The second kappa shape index (κ2) is 15.2. The van der Waals surface area contributed by atoms with Gasteiger partial charge in [0.1, 0.15) is 5.75 Å². The number of halogens is 3. The Morgan fingerprint density at radius 2 is 1.66 bits per heavy atom. The van der Waals surface area contributed by atoms with Crippen molar-refractivity contribution >= 4 is 17.6 Å². The van der Waals surface area contributed by atoms with Gasteiger partial charge < -0.3 is 24.4 Å². The average Bonchev–Trinajstić information content (AvgIpc) is 3.76. The molecular formula is C38H47F3N4O5. The zero-order chi connectivity index (χ0) is 35.6. The number of nitriles is 1. The monoisotopic (exact) mass is 696 g/mol. The SMILES string of the molecule is COC[C@@H]1C[C@@H](c2ccc(C(F)(F)F)cc2N2CCC(C(=O)O)CC2)CN1C(=O)[C@@H]1CN(C2CCC(C#N)CC2)C[C@H]1c1ccc(OC)cc1. The van der Waals surface area contributed by atoms with Crippen molar-refractivity contribution in [1.82, 2.24) is 9.80 Å². The zero-order valence-corrected chi connectivity index (χ0v) is 28.8. The van der Waals surface area contributed by atoms with Gasteiger partial charge in [-0.1, -0.05) is 18.2 Å². The maximum atomic E-state index is 14.8. The fourth-order valence-corrected chi connectivity index (χ4v) is 8.82. The van der Waals surface area contributed by atoms with Crippen molar-refractivity contribution in [3.63, 3.8) is 0 Å². The third kappa shape index (κ3) is 7.59. The molecule has 1 amide bonds. The number of benzene rings is 2. The normalized spacial score (nSPS) is 28.1. The van der Waals surface area contributed by atoms with Crippen molar-refractivity contribution < 1.29 is 37.3 Å². The van der Waals surface area contributed by atoms with E-state index in [0.717, 1.165) is 55.2 Å². The van der Waals surface area contributed by atoms with Gasteiger partial charge in [-0.15, -0.1) is 0 Å². The van der Waals surface area contributed by atoms with Crippen molar-refractivity contribution in [1.29, 1.82) is 5.26 Å². The van der Waals surface area contributed by atoms with Gasteiger partial charge in [0.15, 0.2) is 0 Å². The van der Waals surface area contributed by atoms with Crippen LogP contribution < -0.4 is 9.64 Å². The first-order valence-electron chi connectivity index (χ1n) is 17.8. The molecule has 270 valence electrons. The quantitative estimate of drug-likeness (QED) is 0.333. The molecule has 3 saturated heterocycles. The van der Waals surface area contributed by atoms with Crippen LogP contribution in [0.3, 0.4) is 0 Å². The summed E-state index contributed by atoms with van der Waals surface area (Å²) in [6.07, 6.45) is 0.297. The summed E-state index contributed by atoms with van der Waals surface area (Å²) in [7, 11) is 3.22. The average molecular weight is 697 g/mol. The molecule has 0 radical (unpaired) electrons. The first kappa shape index (κ1) is 36.0. The lowest BCUT2D eigenvalue weighted by Crippen LogP contribution is -2.44. The number of amides is 1. The molecule has 0 aromatic heterocycles. The number of ether oxygens (including phenoxy) is 2. The molecule has 1 aliphatic carbocycles. The van der Waals surface area contributed by atoms with Crippen LogP contribution in [0.2, 0.25) is 0 Å². The topological polar surface area (TPSA) is 106 Å². The molecule has 2 aromatic rings. The third-order valence-electron chi connectivity index (χ3n) is 11.6. The fraction of sp³-hybridized carbons (Fsp3) is 0.605. The second-order valence-electron chi connectivity index (χ2n) is 14.5. The Hall–Kier alpha value is -3.82. The highest BCUT2D eigenvalue weighted by Gasteiger charge is 2.47. The molecule has 2 aromatic carbocycles. The van der Waals surface area contributed by atoms with E-state index in [1.807, 2.05) is 34.1 Å². The molecule has 50 heavy (non-hydrogen) atoms. The molecule has 1 saturated carbocycles. The number of piperidine rings is 1. The van der Waals surface area contributed by atoms with Gasteiger partial charge in [-0.05, 0) is 80.3 Å². The molecule has 0 bridgehead atoms. The highest BCUT2D eigenvalue weighted by Crippen LogP contribution is 2.44. The predicted octanol–water partition coefficient (Wildman–Crippen LogP) is 6.14. The minimum atomic E-state index is -4.53. The Kier molecular flexibility index (Phi) is 10.9. The number of hydrogen-bond donors (Lipinski definition) is 1. The van der Waals surface area contributed by atoms with Crippen LogP contribution in [0.1, 0.15) is 73.5 Å². The molecule has 0 spiro atoms. The molecule has 4 atom stereocenters. The van der Waals surface area contributed by atoms with Crippen LogP contribution in [0, 0.1) is 29.1 Å². The maximum absolute atomic E-state index is 14.8. The molecule has 9 nitrogen and oxygen atoms in total. The van der Waals surface area contributed by atoms with E-state index in [-0.39, 0.29) is 35.6 Å². The molecule has 4 aliphatic rings. The highest BCUT2D eigenvalue weighted by atomic mass is 19.4. The van der Waals surface area contributed by atoms with Crippen molar-refractivity contribution in [3.8, 4) is 11.8 Å². The van der Waals surface area contributed by atoms with Crippen LogP contribution in [0.4, 0.5) is 18.9 Å². The van der Waals surface area contributed by atoms with E-state index in [1.165, 1.54) is 6.07 Å². The Labute approximate surface area is 291 Å². The van der Waals surface area contributed by atoms with E-state index in [9.17, 15) is 33.1 Å². The van der Waals surface area contributed by atoms with E-state index >= 15 is 0 Å². The van der Waals surface area contributed by atoms with Crippen LogP contribution in [0.5, 0.6) is 5.75 Å². The number of carbonyl (C=O) groups is 2. The minimum Gasteiger partial charge on any atom is -0.497 e. The number of aliphatic carboxylic acids is 1. The summed E-state index contributed by atoms with van der Waals surface area (Å²) >= 11 is 0. The highest BCUT2D eigenvalue weighted by molar-refractivity contribution is 5.82. The number of anilines is 1. The Bertz CT molecular complexity index is 1550. The number of carbonyl (C=O) groups excluding carboxylic acids is 1. The van der Waals surface area contributed by atoms with Crippen molar-refractivity contribution in [3.05, 3.63) is 59.2 Å². The van der Waals surface area contributed by atoms with Crippen molar-refractivity contribution in [2.45, 2.75) is 75.0 Å². The van der Waals surface area contributed by atoms with Gasteiger partial charge in [0.05, 0.1) is 43.2 Å². The molecule has 1 N–H and O–H groups in total. The van der Waals surface area contributed by atoms with E-state index in [0.29, 0.717) is 63.8 Å². The lowest BCUT2D eigenvalue weighted by Gasteiger charge is -2.35. The summed E-state index contributed by atoms with van der Waals surface area (Å²) in [6.45, 7) is 2.69. The molecule has 0 unspecified atom stereocenters. The third-order valence-corrected chi connectivity index (χ3v) is 11.6. The van der Waals surface area contributed by atoms with Crippen LogP contribution >= 0.6 is 0 Å². The molecule has 4 fully saturated rings. The van der Waals surface area contributed by atoms with Gasteiger partial charge in [-0.3, -0.25) is 14.5 Å². The summed E-state index contributed by atoms with van der Waals surface area (Å²) < 4.78 is 52.8. The first-order valence-corrected chi connectivity index (χ1v) is 17.8. The largest absolute Gasteiger partial charge is 0.497 e. The predicted molar refractivity (Wildman–Crippen MR) is 181 cm³/mol. The summed E-state index contributed by atoms with van der Waals surface area (Å²) in [5.74, 6) is -1.14. The second-order valence-corrected chi connectivity index (χ2v) is 14.5. The van der Waals surface area contributed by atoms with Crippen LogP contribution in [0.25, 0.3) is 0 Å². The van der Waals surface area contributed by atoms with E-state index in [4.69, 9.17) is 9.47 Å². The standard InChI is InChI=1S/C38H47F3N4O5/c1-49-23-30-17-27(32-12-7-28(38(39,40)41)18-35(32)43-15-13-26(14-16-43)37(47)48)20-45(30)36(46)34-22-44(29-8-3-24(19-42)4-9-29)21-33(34)25-5-10-31(50-2)11-6-25/h5-7,10-12,18,24,26-27,29-30,33-34H,3-4,8-9,13-17,20-23H2,1-2H3,(H,47,48)/t24?,27-,29?,30+,33+,34-/m1/s1. The molecule has 3 heterocycles. The maximum Gasteiger partial charge on any atom is 0.416 e. The van der Waals surface area contributed by atoms with Crippen molar-refractivity contribution in [2.75, 3.05) is 58.5 Å². The number of carboxylic acid groups (broad SMARTS) is 1. The van der Waals surface area contributed by atoms with E-state index < -0.39 is 23.6 Å². The number of rotatable bonds is 9. The Morgan fingerprint density at radius 1 is 0.960 bits per heavy atom. The van der Waals surface area contributed by atoms with Crippen LogP contribution in [-0.4, -0.2) is 92.4 Å². The summed E-state index contributed by atoms with van der Waals surface area (Å²) in [4.78, 5) is 32.6. The van der Waals surface area contributed by atoms with E-state index in [1.54, 1.807) is 20.3 Å². The molecule has 3 aliphatic heterocycles. The number of nitrogens with zero attached hydrogens (tertiary/aromatic N) is 4. The zero-order valence-electron chi connectivity index (χ0n) is 28.8. The molecule has 12 heteroatoms. The number of hydrogen-bond acceptors (Lipinski definition) is 7.